The summed E-state index contributed by atoms with van der Waals surface area (Å²) in [6, 6.07) is 0.777. The fraction of sp³-hybridized carbons (Fsp3) is 0.900. The second-order valence-corrected chi connectivity index (χ2v) is 4.29. The lowest BCUT2D eigenvalue weighted by Gasteiger charge is -2.29. The Morgan fingerprint density at radius 2 is 1.79 bits per heavy atom. The number of hydrogen-bond donors (Lipinski definition) is 3. The van der Waals surface area contributed by atoms with Crippen molar-refractivity contribution in [2.45, 2.75) is 44.2 Å². The molecule has 0 aromatic rings. The summed E-state index contributed by atoms with van der Waals surface area (Å²) in [4.78, 5) is 11.5. The minimum Gasteiger partial charge on any atom is -0.335 e. The van der Waals surface area contributed by atoms with E-state index in [1.54, 1.807) is 0 Å². The van der Waals surface area contributed by atoms with E-state index in [4.69, 9.17) is 0 Å². The second-order valence-electron chi connectivity index (χ2n) is 4.29. The zero-order chi connectivity index (χ0) is 9.80. The smallest absolute Gasteiger partial charge is 0.315 e. The summed E-state index contributed by atoms with van der Waals surface area (Å²) in [5, 5.41) is 9.27. The molecule has 1 aliphatic heterocycles. The highest BCUT2D eigenvalue weighted by atomic mass is 16.2. The molecule has 0 radical (unpaired) electrons. The van der Waals surface area contributed by atoms with Gasteiger partial charge in [-0.3, -0.25) is 0 Å². The molecule has 0 spiro atoms. The second kappa shape index (κ2) is 4.64. The van der Waals surface area contributed by atoms with E-state index in [-0.39, 0.29) is 6.03 Å². The Morgan fingerprint density at radius 3 is 2.36 bits per heavy atom. The highest BCUT2D eigenvalue weighted by Crippen LogP contribution is 2.17. The molecule has 14 heavy (non-hydrogen) atoms. The Bertz CT molecular complexity index is 198. The van der Waals surface area contributed by atoms with Crippen molar-refractivity contribution in [3.8, 4) is 0 Å². The Morgan fingerprint density at radius 1 is 1.07 bits per heavy atom. The van der Waals surface area contributed by atoms with Gasteiger partial charge < -0.3 is 16.0 Å². The van der Waals surface area contributed by atoms with Gasteiger partial charge in [0.05, 0.1) is 0 Å². The van der Waals surface area contributed by atoms with Crippen molar-refractivity contribution in [3.05, 3.63) is 0 Å². The molecule has 1 heterocycles. The average Bonchev–Trinajstić information content (AvgIpc) is 2.13. The molecule has 3 N–H and O–H groups in total. The van der Waals surface area contributed by atoms with Crippen LogP contribution in [0.3, 0.4) is 0 Å². The zero-order valence-corrected chi connectivity index (χ0v) is 8.51. The van der Waals surface area contributed by atoms with Crippen LogP contribution in [-0.2, 0) is 0 Å². The molecule has 0 unspecified atom stereocenters. The number of nitrogens with one attached hydrogen (secondary N) is 3. The molecule has 2 amide bonds. The van der Waals surface area contributed by atoms with Crippen molar-refractivity contribution in [2.75, 3.05) is 13.1 Å². The summed E-state index contributed by atoms with van der Waals surface area (Å²) in [5.41, 5.74) is 0. The van der Waals surface area contributed by atoms with Crippen LogP contribution in [0, 0.1) is 0 Å². The SMILES string of the molecule is O=C(NC1CCC1)N[C@@H]1CCCNC1. The van der Waals surface area contributed by atoms with Gasteiger partial charge in [-0.1, -0.05) is 0 Å². The summed E-state index contributed by atoms with van der Waals surface area (Å²) in [5.74, 6) is 0. The van der Waals surface area contributed by atoms with Crippen molar-refractivity contribution < 1.29 is 4.79 Å². The zero-order valence-electron chi connectivity index (χ0n) is 8.51. The van der Waals surface area contributed by atoms with Crippen LogP contribution >= 0.6 is 0 Å². The lowest BCUT2D eigenvalue weighted by Crippen LogP contribution is -2.52. The lowest BCUT2D eigenvalue weighted by atomic mass is 9.93. The quantitative estimate of drug-likeness (QED) is 0.607. The first-order chi connectivity index (χ1) is 6.84. The van der Waals surface area contributed by atoms with Gasteiger partial charge in [0, 0.05) is 18.6 Å². The van der Waals surface area contributed by atoms with Crippen LogP contribution in [0.4, 0.5) is 4.79 Å². The van der Waals surface area contributed by atoms with Gasteiger partial charge in [-0.15, -0.1) is 0 Å². The third-order valence-corrected chi connectivity index (χ3v) is 3.07. The van der Waals surface area contributed by atoms with Crippen molar-refractivity contribution in [3.63, 3.8) is 0 Å². The normalized spacial score (nSPS) is 27.9. The molecule has 0 bridgehead atoms. The molecule has 1 atom stereocenters. The number of rotatable bonds is 2. The Hall–Kier alpha value is -0.770. The van der Waals surface area contributed by atoms with Crippen molar-refractivity contribution in [2.24, 2.45) is 0 Å². The van der Waals surface area contributed by atoms with E-state index in [0.29, 0.717) is 12.1 Å². The van der Waals surface area contributed by atoms with E-state index >= 15 is 0 Å². The van der Waals surface area contributed by atoms with E-state index in [0.717, 1.165) is 38.8 Å². The van der Waals surface area contributed by atoms with E-state index in [2.05, 4.69) is 16.0 Å². The van der Waals surface area contributed by atoms with Gasteiger partial charge in [-0.25, -0.2) is 4.79 Å². The third-order valence-electron chi connectivity index (χ3n) is 3.07. The van der Waals surface area contributed by atoms with Crippen LogP contribution in [0.15, 0.2) is 0 Å². The molecule has 0 aromatic carbocycles. The van der Waals surface area contributed by atoms with E-state index < -0.39 is 0 Å². The summed E-state index contributed by atoms with van der Waals surface area (Å²) >= 11 is 0. The first-order valence-electron chi connectivity index (χ1n) is 5.62. The topological polar surface area (TPSA) is 53.2 Å². The number of carbonyl (C=O) groups is 1. The Labute approximate surface area is 84.8 Å². The number of piperidine rings is 1. The van der Waals surface area contributed by atoms with Crippen molar-refractivity contribution >= 4 is 6.03 Å². The van der Waals surface area contributed by atoms with Gasteiger partial charge in [0.1, 0.15) is 0 Å². The minimum atomic E-state index is 0.0170. The minimum absolute atomic E-state index is 0.0170. The van der Waals surface area contributed by atoms with Crippen LogP contribution in [0.25, 0.3) is 0 Å². The number of carbonyl (C=O) groups excluding carboxylic acids is 1. The number of hydrogen-bond acceptors (Lipinski definition) is 2. The van der Waals surface area contributed by atoms with Gasteiger partial charge in [0.15, 0.2) is 0 Å². The van der Waals surface area contributed by atoms with E-state index in [9.17, 15) is 4.79 Å². The number of urea groups is 1. The van der Waals surface area contributed by atoms with Gasteiger partial charge in [0.2, 0.25) is 0 Å². The molecular formula is C10H19N3O. The first-order valence-corrected chi connectivity index (χ1v) is 5.62. The molecule has 2 aliphatic rings. The monoisotopic (exact) mass is 197 g/mol. The third kappa shape index (κ3) is 2.61. The van der Waals surface area contributed by atoms with Crippen LogP contribution in [0.1, 0.15) is 32.1 Å². The highest BCUT2D eigenvalue weighted by molar-refractivity contribution is 5.74. The maximum Gasteiger partial charge on any atom is 0.315 e. The largest absolute Gasteiger partial charge is 0.335 e. The number of amides is 2. The van der Waals surface area contributed by atoms with Crippen LogP contribution in [0.5, 0.6) is 0 Å². The molecule has 4 nitrogen and oxygen atoms in total. The van der Waals surface area contributed by atoms with Gasteiger partial charge in [-0.2, -0.15) is 0 Å². The summed E-state index contributed by atoms with van der Waals surface area (Å²) in [6.45, 7) is 2.00. The van der Waals surface area contributed by atoms with Crippen molar-refractivity contribution in [1.82, 2.24) is 16.0 Å². The molecule has 4 heteroatoms. The standard InChI is InChI=1S/C10H19N3O/c14-10(12-8-3-1-4-8)13-9-5-2-6-11-7-9/h8-9,11H,1-7H2,(H2,12,13,14)/t9-/m1/s1. The molecule has 1 saturated carbocycles. The van der Waals surface area contributed by atoms with Crippen LogP contribution < -0.4 is 16.0 Å². The Balaban J connectivity index is 1.64. The lowest BCUT2D eigenvalue weighted by molar-refractivity contribution is 0.221. The summed E-state index contributed by atoms with van der Waals surface area (Å²) in [6.07, 6.45) is 5.82. The molecule has 2 rings (SSSR count). The molecular weight excluding hydrogens is 178 g/mol. The summed E-state index contributed by atoms with van der Waals surface area (Å²) < 4.78 is 0. The van der Waals surface area contributed by atoms with Crippen LogP contribution in [0.2, 0.25) is 0 Å². The van der Waals surface area contributed by atoms with Gasteiger partial charge >= 0.3 is 6.03 Å². The van der Waals surface area contributed by atoms with E-state index in [1.807, 2.05) is 0 Å². The fourth-order valence-corrected chi connectivity index (χ4v) is 1.94. The van der Waals surface area contributed by atoms with Gasteiger partial charge in [-0.05, 0) is 38.6 Å². The maximum atomic E-state index is 11.5. The summed E-state index contributed by atoms with van der Waals surface area (Å²) in [7, 11) is 0. The average molecular weight is 197 g/mol. The molecule has 80 valence electrons. The Kier molecular flexibility index (Phi) is 3.24. The molecule has 0 aromatic heterocycles. The van der Waals surface area contributed by atoms with E-state index in [1.165, 1.54) is 6.42 Å². The molecule has 1 saturated heterocycles. The van der Waals surface area contributed by atoms with Crippen LogP contribution in [-0.4, -0.2) is 31.2 Å². The molecule has 2 fully saturated rings. The molecule has 1 aliphatic carbocycles. The first kappa shape index (κ1) is 9.77. The van der Waals surface area contributed by atoms with Crippen molar-refractivity contribution in [1.29, 1.82) is 0 Å². The maximum absolute atomic E-state index is 11.5. The fourth-order valence-electron chi connectivity index (χ4n) is 1.94. The predicted molar refractivity (Wildman–Crippen MR) is 55.2 cm³/mol. The van der Waals surface area contributed by atoms with Gasteiger partial charge in [0.25, 0.3) is 0 Å². The predicted octanol–water partition coefficient (Wildman–Crippen LogP) is 0.590. The highest BCUT2D eigenvalue weighted by Gasteiger charge is 2.21.